The monoisotopic (exact) mass is 530 g/mol. The van der Waals surface area contributed by atoms with E-state index in [1.54, 1.807) is 0 Å². The van der Waals surface area contributed by atoms with E-state index >= 15 is 0 Å². The van der Waals surface area contributed by atoms with E-state index in [2.05, 4.69) is 34.2 Å². The van der Waals surface area contributed by atoms with Crippen LogP contribution < -0.4 is 0 Å². The molecule has 2 aliphatic heterocycles. The molecular formula is C30H34N4O5. The molecule has 3 heterocycles. The number of rotatable bonds is 8. The van der Waals surface area contributed by atoms with Crippen molar-refractivity contribution in [1.29, 1.82) is 0 Å². The minimum atomic E-state index is -1.26. The van der Waals surface area contributed by atoms with Crippen LogP contribution in [-0.2, 0) is 22.6 Å². The topological polar surface area (TPSA) is 116 Å². The number of carboxylic acid groups (broad SMARTS) is 2. The Labute approximate surface area is 227 Å². The summed E-state index contributed by atoms with van der Waals surface area (Å²) in [4.78, 5) is 41.5. The van der Waals surface area contributed by atoms with Crippen LogP contribution in [0, 0.1) is 0 Å². The number of aliphatic carboxylic acids is 2. The molecule has 204 valence electrons. The van der Waals surface area contributed by atoms with Crippen molar-refractivity contribution in [3.63, 3.8) is 0 Å². The van der Waals surface area contributed by atoms with Gasteiger partial charge < -0.3 is 19.7 Å². The molecule has 2 aliphatic rings. The predicted octanol–water partition coefficient (Wildman–Crippen LogP) is 3.84. The molecule has 1 atom stereocenters. The van der Waals surface area contributed by atoms with Gasteiger partial charge in [0, 0.05) is 49.8 Å². The van der Waals surface area contributed by atoms with Crippen LogP contribution in [0.3, 0.4) is 0 Å². The lowest BCUT2D eigenvalue weighted by Gasteiger charge is -2.23. The van der Waals surface area contributed by atoms with Gasteiger partial charge in [0.05, 0.1) is 11.0 Å². The Kier molecular flexibility index (Phi) is 9.27. The van der Waals surface area contributed by atoms with E-state index < -0.39 is 11.9 Å². The average Bonchev–Trinajstić information content (AvgIpc) is 3.69. The maximum Gasteiger partial charge on any atom is 0.328 e. The number of hydrogen-bond donors (Lipinski definition) is 2. The number of likely N-dealkylation sites (tertiary alicyclic amines) is 2. The van der Waals surface area contributed by atoms with Crippen molar-refractivity contribution in [1.82, 2.24) is 19.4 Å². The van der Waals surface area contributed by atoms with Crippen molar-refractivity contribution in [2.24, 2.45) is 0 Å². The van der Waals surface area contributed by atoms with E-state index in [-0.39, 0.29) is 5.91 Å². The summed E-state index contributed by atoms with van der Waals surface area (Å²) in [6.07, 6.45) is 7.45. The normalized spacial score (nSPS) is 17.3. The van der Waals surface area contributed by atoms with Gasteiger partial charge in [-0.1, -0.05) is 30.3 Å². The van der Waals surface area contributed by atoms with E-state index in [0.29, 0.717) is 18.2 Å². The third-order valence-electron chi connectivity index (χ3n) is 7.08. The van der Waals surface area contributed by atoms with Crippen molar-refractivity contribution in [2.45, 2.75) is 38.3 Å². The molecule has 2 aromatic carbocycles. The number of imidazole rings is 1. The first kappa shape index (κ1) is 27.8. The first-order valence-corrected chi connectivity index (χ1v) is 13.2. The summed E-state index contributed by atoms with van der Waals surface area (Å²) in [5.41, 5.74) is 4.08. The number of carboxylic acids is 2. The molecule has 2 fully saturated rings. The number of nitrogens with zero attached hydrogens (tertiary/aromatic N) is 4. The molecule has 1 aromatic heterocycles. The smallest absolute Gasteiger partial charge is 0.328 e. The zero-order valence-corrected chi connectivity index (χ0v) is 21.9. The maximum absolute atomic E-state index is 13.0. The van der Waals surface area contributed by atoms with Crippen LogP contribution in [0.25, 0.3) is 11.0 Å². The second kappa shape index (κ2) is 13.0. The van der Waals surface area contributed by atoms with Crippen molar-refractivity contribution >= 4 is 28.9 Å². The van der Waals surface area contributed by atoms with Gasteiger partial charge >= 0.3 is 11.9 Å². The Bertz CT molecular complexity index is 1340. The lowest BCUT2D eigenvalue weighted by molar-refractivity contribution is -0.134. The number of carbonyl (C=O) groups excluding carboxylic acids is 1. The van der Waals surface area contributed by atoms with Crippen LogP contribution in [-0.4, -0.2) is 79.6 Å². The number of para-hydroxylation sites is 2. The third kappa shape index (κ3) is 7.20. The van der Waals surface area contributed by atoms with E-state index in [0.717, 1.165) is 60.5 Å². The summed E-state index contributed by atoms with van der Waals surface area (Å²) in [6.45, 7) is 8.75. The van der Waals surface area contributed by atoms with Gasteiger partial charge in [0.15, 0.2) is 0 Å². The molecule has 0 bridgehead atoms. The molecule has 2 saturated heterocycles. The van der Waals surface area contributed by atoms with Gasteiger partial charge in [-0.25, -0.2) is 14.6 Å². The lowest BCUT2D eigenvalue weighted by Crippen LogP contribution is -2.37. The number of benzene rings is 2. The fourth-order valence-corrected chi connectivity index (χ4v) is 5.20. The number of amides is 1. The van der Waals surface area contributed by atoms with Crippen LogP contribution in [0.15, 0.2) is 73.3 Å². The fraction of sp³-hybridized carbons (Fsp3) is 0.333. The Morgan fingerprint density at radius 2 is 1.62 bits per heavy atom. The van der Waals surface area contributed by atoms with Gasteiger partial charge in [-0.3, -0.25) is 9.69 Å². The number of fused-ring (bicyclic) bond motifs is 1. The largest absolute Gasteiger partial charge is 0.478 e. The van der Waals surface area contributed by atoms with Crippen LogP contribution >= 0.6 is 0 Å². The molecule has 39 heavy (non-hydrogen) atoms. The molecule has 2 N–H and O–H groups in total. The van der Waals surface area contributed by atoms with E-state index in [1.807, 2.05) is 41.3 Å². The predicted molar refractivity (Wildman–Crippen MR) is 149 cm³/mol. The number of hydrogen-bond acceptors (Lipinski definition) is 5. The van der Waals surface area contributed by atoms with Crippen molar-refractivity contribution < 1.29 is 24.6 Å². The third-order valence-corrected chi connectivity index (χ3v) is 7.08. The first-order valence-electron chi connectivity index (χ1n) is 13.2. The summed E-state index contributed by atoms with van der Waals surface area (Å²) < 4.78 is 2.21. The molecule has 1 amide bonds. The highest BCUT2D eigenvalue weighted by Gasteiger charge is 2.31. The molecule has 0 saturated carbocycles. The van der Waals surface area contributed by atoms with E-state index in [1.165, 1.54) is 25.9 Å². The molecule has 0 aliphatic carbocycles. The molecule has 5 rings (SSSR count). The average molecular weight is 531 g/mol. The van der Waals surface area contributed by atoms with Gasteiger partial charge in [0.2, 0.25) is 0 Å². The van der Waals surface area contributed by atoms with Crippen LogP contribution in [0.5, 0.6) is 0 Å². The van der Waals surface area contributed by atoms with E-state index in [4.69, 9.17) is 15.2 Å². The molecule has 9 nitrogen and oxygen atoms in total. The zero-order valence-electron chi connectivity index (χ0n) is 21.9. The van der Waals surface area contributed by atoms with Crippen LogP contribution in [0.1, 0.15) is 41.0 Å². The number of carbonyl (C=O) groups is 3. The van der Waals surface area contributed by atoms with Crippen LogP contribution in [0.4, 0.5) is 0 Å². The quantitative estimate of drug-likeness (QED) is 0.336. The molecular weight excluding hydrogens is 496 g/mol. The highest BCUT2D eigenvalue weighted by Crippen LogP contribution is 2.23. The Hall–Kier alpha value is -4.24. The summed E-state index contributed by atoms with van der Waals surface area (Å²) >= 11 is 0. The summed E-state index contributed by atoms with van der Waals surface area (Å²) in [7, 11) is 0. The Morgan fingerprint density at radius 1 is 0.949 bits per heavy atom. The maximum atomic E-state index is 13.0. The zero-order chi connectivity index (χ0) is 27.8. The Balaban J connectivity index is 0.000000386. The van der Waals surface area contributed by atoms with E-state index in [9.17, 15) is 14.4 Å². The fourth-order valence-electron chi connectivity index (χ4n) is 5.20. The highest BCUT2D eigenvalue weighted by molar-refractivity contribution is 5.94. The summed E-state index contributed by atoms with van der Waals surface area (Å²) in [5.74, 6) is -1.33. The minimum absolute atomic E-state index is 0.159. The van der Waals surface area contributed by atoms with Gasteiger partial charge in [-0.15, -0.1) is 6.58 Å². The highest BCUT2D eigenvalue weighted by atomic mass is 16.4. The van der Waals surface area contributed by atoms with Crippen LogP contribution in [0.2, 0.25) is 0 Å². The van der Waals surface area contributed by atoms with Gasteiger partial charge in [-0.2, -0.15) is 0 Å². The summed E-state index contributed by atoms with van der Waals surface area (Å²) in [5, 5.41) is 15.6. The molecule has 3 aromatic rings. The second-order valence-corrected chi connectivity index (χ2v) is 9.74. The molecule has 9 heteroatoms. The standard InChI is InChI=1S/C26H30N4O.C4H4O4/c1-2-14-30-24-8-4-3-7-23(24)27-25(30)18-20-9-11-21(12-10-20)26(31)29-17-13-22(19-29)28-15-5-6-16-28;5-3(6)1-2-4(7)8/h2-4,7-12,22H,1,5-6,13-19H2;1-2H,(H,5,6)(H,7,8)/t22-;/m0./s1. The number of allylic oxidation sites excluding steroid dienone is 1. The summed E-state index contributed by atoms with van der Waals surface area (Å²) in [6, 6.07) is 16.8. The minimum Gasteiger partial charge on any atom is -0.478 e. The second-order valence-electron chi connectivity index (χ2n) is 9.74. The Morgan fingerprint density at radius 3 is 2.26 bits per heavy atom. The molecule has 0 radical (unpaired) electrons. The molecule has 0 spiro atoms. The van der Waals surface area contributed by atoms with Crippen molar-refractivity contribution in [3.05, 3.63) is 90.3 Å². The van der Waals surface area contributed by atoms with Gasteiger partial charge in [0.1, 0.15) is 5.82 Å². The first-order chi connectivity index (χ1) is 18.9. The number of aromatic nitrogens is 2. The SMILES string of the molecule is C=CCn1c(Cc2ccc(C(=O)N3CC[C@H](N4CCCC4)C3)cc2)nc2ccccc21.O=C(O)C=CC(=O)O. The van der Waals surface area contributed by atoms with Crippen molar-refractivity contribution in [2.75, 3.05) is 26.2 Å². The lowest BCUT2D eigenvalue weighted by atomic mass is 10.1. The van der Waals surface area contributed by atoms with Gasteiger partial charge in [0.25, 0.3) is 5.91 Å². The molecule has 0 unspecified atom stereocenters. The van der Waals surface area contributed by atoms with Gasteiger partial charge in [-0.05, 0) is 62.2 Å². The van der Waals surface area contributed by atoms with Crippen molar-refractivity contribution in [3.8, 4) is 0 Å².